The summed E-state index contributed by atoms with van der Waals surface area (Å²) in [5, 5.41) is 5.55. The molecule has 10 heteroatoms. The SMILES string of the molecule is CCOC(=O)C1=C(CN2CCN(C(=O)c3ccc(F)c(F)c3)CC2)NC(=O)NC1c1ccccc1. The number of ether oxygens (including phenoxy) is 1. The summed E-state index contributed by atoms with van der Waals surface area (Å²) in [7, 11) is 0. The molecule has 0 saturated carbocycles. The Balaban J connectivity index is 1.50. The van der Waals surface area contributed by atoms with Crippen molar-refractivity contribution >= 4 is 17.9 Å². The average molecular weight is 485 g/mol. The van der Waals surface area contributed by atoms with E-state index in [9.17, 15) is 23.2 Å². The van der Waals surface area contributed by atoms with Crippen molar-refractivity contribution in [2.24, 2.45) is 0 Å². The molecule has 2 aromatic rings. The first kappa shape index (κ1) is 24.3. The van der Waals surface area contributed by atoms with E-state index in [0.29, 0.717) is 37.4 Å². The van der Waals surface area contributed by atoms with Gasteiger partial charge >= 0.3 is 12.0 Å². The molecule has 8 nitrogen and oxygen atoms in total. The number of nitrogens with one attached hydrogen (secondary N) is 2. The number of benzene rings is 2. The molecule has 2 aromatic carbocycles. The van der Waals surface area contributed by atoms with E-state index in [1.165, 1.54) is 6.07 Å². The fraction of sp³-hybridized carbons (Fsp3) is 0.320. The van der Waals surface area contributed by atoms with Crippen molar-refractivity contribution in [2.75, 3.05) is 39.3 Å². The standard InChI is InChI=1S/C25H26F2N4O4/c1-2-35-24(33)21-20(28-25(34)29-22(21)16-6-4-3-5-7-16)15-30-10-12-31(13-11-30)23(32)17-8-9-18(26)19(27)14-17/h3-9,14,22H,2,10-13,15H2,1H3,(H2,28,29,34). The van der Waals surface area contributed by atoms with Gasteiger partial charge in [-0.2, -0.15) is 0 Å². The molecule has 35 heavy (non-hydrogen) atoms. The molecule has 0 aromatic heterocycles. The lowest BCUT2D eigenvalue weighted by Gasteiger charge is -2.37. The van der Waals surface area contributed by atoms with Crippen LogP contribution in [0.4, 0.5) is 13.6 Å². The topological polar surface area (TPSA) is 91.0 Å². The van der Waals surface area contributed by atoms with Crippen LogP contribution in [0.25, 0.3) is 0 Å². The molecule has 1 unspecified atom stereocenters. The summed E-state index contributed by atoms with van der Waals surface area (Å²) in [6.07, 6.45) is 0. The van der Waals surface area contributed by atoms with Gasteiger partial charge in [0.05, 0.1) is 18.2 Å². The van der Waals surface area contributed by atoms with E-state index in [0.717, 1.165) is 17.7 Å². The summed E-state index contributed by atoms with van der Waals surface area (Å²) in [5.74, 6) is -2.97. The quantitative estimate of drug-likeness (QED) is 0.616. The number of carbonyl (C=O) groups excluding carboxylic acids is 3. The van der Waals surface area contributed by atoms with E-state index in [1.54, 1.807) is 11.8 Å². The molecule has 2 N–H and O–H groups in total. The number of halogens is 2. The molecule has 1 saturated heterocycles. The summed E-state index contributed by atoms with van der Waals surface area (Å²) in [6.45, 7) is 3.83. The zero-order valence-electron chi connectivity index (χ0n) is 19.2. The van der Waals surface area contributed by atoms with E-state index in [2.05, 4.69) is 10.6 Å². The van der Waals surface area contributed by atoms with Crippen LogP contribution in [-0.2, 0) is 9.53 Å². The Morgan fingerprint density at radius 3 is 2.40 bits per heavy atom. The van der Waals surface area contributed by atoms with Gasteiger partial charge in [-0.25, -0.2) is 18.4 Å². The molecule has 3 amide bonds. The van der Waals surface area contributed by atoms with Gasteiger partial charge in [-0.3, -0.25) is 9.69 Å². The lowest BCUT2D eigenvalue weighted by Crippen LogP contribution is -2.52. The zero-order valence-corrected chi connectivity index (χ0v) is 19.2. The highest BCUT2D eigenvalue weighted by molar-refractivity contribution is 5.95. The summed E-state index contributed by atoms with van der Waals surface area (Å²) < 4.78 is 32.0. The predicted molar refractivity (Wildman–Crippen MR) is 123 cm³/mol. The fourth-order valence-corrected chi connectivity index (χ4v) is 4.23. The third-order valence-electron chi connectivity index (χ3n) is 5.99. The van der Waals surface area contributed by atoms with Gasteiger partial charge in [-0.1, -0.05) is 30.3 Å². The maximum Gasteiger partial charge on any atom is 0.338 e. The molecule has 1 atom stereocenters. The second-order valence-electron chi connectivity index (χ2n) is 8.25. The Morgan fingerprint density at radius 1 is 1.03 bits per heavy atom. The van der Waals surface area contributed by atoms with Crippen molar-refractivity contribution in [2.45, 2.75) is 13.0 Å². The van der Waals surface area contributed by atoms with Gasteiger partial charge in [-0.05, 0) is 30.7 Å². The van der Waals surface area contributed by atoms with Crippen molar-refractivity contribution in [3.63, 3.8) is 0 Å². The van der Waals surface area contributed by atoms with Gasteiger partial charge in [0.1, 0.15) is 0 Å². The number of hydrogen-bond donors (Lipinski definition) is 2. The van der Waals surface area contributed by atoms with Crippen LogP contribution in [0.3, 0.4) is 0 Å². The van der Waals surface area contributed by atoms with Crippen LogP contribution in [0.5, 0.6) is 0 Å². The molecule has 0 radical (unpaired) electrons. The summed E-state index contributed by atoms with van der Waals surface area (Å²) in [6, 6.07) is 11.2. The molecule has 0 bridgehead atoms. The summed E-state index contributed by atoms with van der Waals surface area (Å²) >= 11 is 0. The average Bonchev–Trinajstić information content (AvgIpc) is 2.86. The van der Waals surface area contributed by atoms with E-state index in [1.807, 2.05) is 35.2 Å². The van der Waals surface area contributed by atoms with E-state index in [-0.39, 0.29) is 24.6 Å². The van der Waals surface area contributed by atoms with E-state index in [4.69, 9.17) is 4.74 Å². The first-order valence-corrected chi connectivity index (χ1v) is 11.4. The lowest BCUT2D eigenvalue weighted by atomic mass is 9.95. The van der Waals surface area contributed by atoms with Gasteiger partial charge < -0.3 is 20.3 Å². The molecule has 184 valence electrons. The lowest BCUT2D eigenvalue weighted by molar-refractivity contribution is -0.139. The highest BCUT2D eigenvalue weighted by Crippen LogP contribution is 2.28. The third-order valence-corrected chi connectivity index (χ3v) is 5.99. The molecular formula is C25H26F2N4O4. The molecular weight excluding hydrogens is 458 g/mol. The number of hydrogen-bond acceptors (Lipinski definition) is 5. The first-order chi connectivity index (χ1) is 16.9. The van der Waals surface area contributed by atoms with Crippen LogP contribution in [0.2, 0.25) is 0 Å². The van der Waals surface area contributed by atoms with Gasteiger partial charge in [-0.15, -0.1) is 0 Å². The van der Waals surface area contributed by atoms with Gasteiger partial charge in [0.15, 0.2) is 11.6 Å². The molecule has 0 spiro atoms. The van der Waals surface area contributed by atoms with E-state index < -0.39 is 29.7 Å². The molecule has 4 rings (SSSR count). The minimum atomic E-state index is -1.07. The molecule has 2 aliphatic heterocycles. The zero-order chi connectivity index (χ0) is 24.9. The fourth-order valence-electron chi connectivity index (χ4n) is 4.23. The third kappa shape index (κ3) is 5.48. The van der Waals surface area contributed by atoms with E-state index >= 15 is 0 Å². The van der Waals surface area contributed by atoms with Crippen molar-refractivity contribution in [3.8, 4) is 0 Å². The number of urea groups is 1. The molecule has 1 fully saturated rings. The number of piperazine rings is 1. The Bertz CT molecular complexity index is 1150. The maximum atomic E-state index is 13.5. The normalized spacial score (nSPS) is 18.7. The molecule has 2 heterocycles. The Morgan fingerprint density at radius 2 is 1.74 bits per heavy atom. The Hall–Kier alpha value is -3.79. The van der Waals surface area contributed by atoms with Crippen molar-refractivity contribution in [1.29, 1.82) is 0 Å². The number of rotatable bonds is 6. The highest BCUT2D eigenvalue weighted by atomic mass is 19.2. The minimum absolute atomic E-state index is 0.0842. The van der Waals surface area contributed by atoms with Crippen LogP contribution in [0, 0.1) is 11.6 Å². The number of nitrogens with zero attached hydrogens (tertiary/aromatic N) is 2. The second-order valence-corrected chi connectivity index (χ2v) is 8.25. The Kier molecular flexibility index (Phi) is 7.40. The van der Waals surface area contributed by atoms with Crippen LogP contribution in [-0.4, -0.2) is 67.0 Å². The minimum Gasteiger partial charge on any atom is -0.463 e. The molecule has 2 aliphatic rings. The maximum absolute atomic E-state index is 13.5. The highest BCUT2D eigenvalue weighted by Gasteiger charge is 2.35. The van der Waals surface area contributed by atoms with Crippen LogP contribution >= 0.6 is 0 Å². The molecule has 0 aliphatic carbocycles. The second kappa shape index (κ2) is 10.6. The monoisotopic (exact) mass is 484 g/mol. The van der Waals surface area contributed by atoms with Gasteiger partial charge in [0.25, 0.3) is 5.91 Å². The summed E-state index contributed by atoms with van der Waals surface area (Å²) in [5.41, 5.74) is 1.62. The van der Waals surface area contributed by atoms with Gasteiger partial charge in [0.2, 0.25) is 0 Å². The predicted octanol–water partition coefficient (Wildman–Crippen LogP) is 2.59. The number of carbonyl (C=O) groups is 3. The Labute approximate surface area is 201 Å². The largest absolute Gasteiger partial charge is 0.463 e. The van der Waals surface area contributed by atoms with Crippen LogP contribution < -0.4 is 10.6 Å². The summed E-state index contributed by atoms with van der Waals surface area (Å²) in [4.78, 5) is 41.6. The van der Waals surface area contributed by atoms with Crippen molar-refractivity contribution < 1.29 is 27.9 Å². The number of esters is 1. The number of amides is 3. The first-order valence-electron chi connectivity index (χ1n) is 11.4. The van der Waals surface area contributed by atoms with Crippen molar-refractivity contribution in [3.05, 3.63) is 82.6 Å². The smallest absolute Gasteiger partial charge is 0.338 e. The van der Waals surface area contributed by atoms with Crippen molar-refractivity contribution in [1.82, 2.24) is 20.4 Å². The van der Waals surface area contributed by atoms with Gasteiger partial charge in [0, 0.05) is 44.0 Å². The van der Waals surface area contributed by atoms with Crippen LogP contribution in [0.15, 0.2) is 59.8 Å². The van der Waals surface area contributed by atoms with Crippen LogP contribution in [0.1, 0.15) is 28.9 Å².